The summed E-state index contributed by atoms with van der Waals surface area (Å²) in [5.41, 5.74) is 39.1. The number of hydrogen-bond acceptors (Lipinski definition) is 9. The number of anilines is 4. The van der Waals surface area contributed by atoms with E-state index in [1.807, 2.05) is 22.6 Å². The van der Waals surface area contributed by atoms with Crippen LogP contribution in [0.1, 0.15) is 5.76 Å². The fraction of sp³-hybridized carbons (Fsp3) is 0.100. The molecule has 1 aromatic heterocycles. The summed E-state index contributed by atoms with van der Waals surface area (Å²) in [5, 5.41) is -0.0223. The lowest BCUT2D eigenvalue weighted by Gasteiger charge is -2.20. The molecule has 1 aromatic carbocycles. The first kappa shape index (κ1) is 14.6. The third kappa shape index (κ3) is 1.93. The number of benzene rings is 1. The van der Waals surface area contributed by atoms with Crippen LogP contribution in [0.5, 0.6) is 0 Å². The normalized spacial score (nSPS) is 12.0. The van der Waals surface area contributed by atoms with Crippen LogP contribution in [0.25, 0.3) is 11.0 Å². The first-order valence-corrected chi connectivity index (χ1v) is 6.40. The van der Waals surface area contributed by atoms with Gasteiger partial charge in [-0.3, -0.25) is 22.0 Å². The quantitative estimate of drug-likeness (QED) is 0.175. The molecule has 10 heteroatoms. The second-order valence-electron chi connectivity index (χ2n) is 4.37. The van der Waals surface area contributed by atoms with Crippen LogP contribution in [-0.4, -0.2) is 0 Å². The monoisotopic (exact) mass is 391 g/mol. The van der Waals surface area contributed by atoms with E-state index in [2.05, 4.69) is 0 Å². The molecule has 0 saturated heterocycles. The molecule has 2 aromatic rings. The zero-order valence-corrected chi connectivity index (χ0v) is 12.4. The van der Waals surface area contributed by atoms with E-state index in [1.165, 1.54) is 0 Å². The zero-order chi connectivity index (χ0) is 15.4. The molecule has 0 fully saturated rings. The summed E-state index contributed by atoms with van der Waals surface area (Å²) in [6.07, 6.45) is 0. The van der Waals surface area contributed by atoms with Gasteiger partial charge in [0.2, 0.25) is 5.43 Å². The minimum atomic E-state index is -1.93. The average molecular weight is 391 g/mol. The smallest absolute Gasteiger partial charge is 0.218 e. The molecule has 14 N–H and O–H groups in total. The molecule has 0 aliphatic rings. The third-order valence-corrected chi connectivity index (χ3v) is 3.98. The molecule has 0 unspecified atom stereocenters. The third-order valence-electron chi connectivity index (χ3n) is 2.82. The summed E-state index contributed by atoms with van der Waals surface area (Å²) in [4.78, 5) is 12.3. The van der Waals surface area contributed by atoms with E-state index >= 15 is 0 Å². The summed E-state index contributed by atoms with van der Waals surface area (Å²) in [5.74, 6) is -2.20. The number of rotatable bonds is 1. The molecule has 20 heavy (non-hydrogen) atoms. The van der Waals surface area contributed by atoms with E-state index in [1.54, 1.807) is 0 Å². The van der Waals surface area contributed by atoms with Gasteiger partial charge in [0.05, 0.1) is 26.0 Å². The van der Waals surface area contributed by atoms with E-state index in [-0.39, 0.29) is 39.5 Å². The van der Waals surface area contributed by atoms with E-state index < -0.39 is 11.2 Å². The second-order valence-corrected chi connectivity index (χ2v) is 5.44. The van der Waals surface area contributed by atoms with Crippen LogP contribution < -0.4 is 45.6 Å². The highest BCUT2D eigenvalue weighted by molar-refractivity contribution is 14.1. The van der Waals surface area contributed by atoms with Gasteiger partial charge in [0.1, 0.15) is 5.69 Å². The van der Waals surface area contributed by atoms with Crippen LogP contribution in [-0.2, 0) is 5.79 Å². The fourth-order valence-corrected chi connectivity index (χ4v) is 2.34. The summed E-state index contributed by atoms with van der Waals surface area (Å²) in [7, 11) is 0. The van der Waals surface area contributed by atoms with Crippen LogP contribution in [0.2, 0.25) is 0 Å². The number of halogens is 1. The van der Waals surface area contributed by atoms with Crippen LogP contribution in [0.15, 0.2) is 9.21 Å². The molecule has 108 valence electrons. The maximum atomic E-state index is 12.3. The molecule has 0 radical (unpaired) electrons. The maximum Gasteiger partial charge on any atom is 0.218 e. The predicted molar refractivity (Wildman–Crippen MR) is 87.1 cm³/mol. The van der Waals surface area contributed by atoms with Gasteiger partial charge in [0.25, 0.3) is 0 Å². The fourth-order valence-electron chi connectivity index (χ4n) is 1.80. The molecular formula is C10H14IN7O2. The molecule has 0 aliphatic heterocycles. The van der Waals surface area contributed by atoms with Crippen molar-refractivity contribution in [2.45, 2.75) is 5.79 Å². The lowest BCUT2D eigenvalue weighted by Crippen LogP contribution is -2.55. The first-order chi connectivity index (χ1) is 9.07. The molecule has 0 saturated carbocycles. The molecule has 0 bridgehead atoms. The van der Waals surface area contributed by atoms with Gasteiger partial charge in [0.15, 0.2) is 17.1 Å². The Morgan fingerprint density at radius 3 is 1.95 bits per heavy atom. The van der Waals surface area contributed by atoms with Gasteiger partial charge >= 0.3 is 0 Å². The van der Waals surface area contributed by atoms with Gasteiger partial charge < -0.3 is 27.4 Å². The van der Waals surface area contributed by atoms with Gasteiger partial charge in [-0.1, -0.05) is 0 Å². The van der Waals surface area contributed by atoms with Gasteiger partial charge in [-0.15, -0.1) is 0 Å². The summed E-state index contributed by atoms with van der Waals surface area (Å²) < 4.78 is 5.87. The Labute approximate surface area is 126 Å². The van der Waals surface area contributed by atoms with Gasteiger partial charge in [-0.05, 0) is 22.6 Å². The molecule has 0 amide bonds. The van der Waals surface area contributed by atoms with Crippen LogP contribution in [0, 0.1) is 3.57 Å². The van der Waals surface area contributed by atoms with E-state index in [4.69, 9.17) is 44.6 Å². The van der Waals surface area contributed by atoms with Crippen molar-refractivity contribution in [3.63, 3.8) is 0 Å². The number of fused-ring (bicyclic) bond motifs is 1. The van der Waals surface area contributed by atoms with Crippen LogP contribution in [0.3, 0.4) is 0 Å². The Morgan fingerprint density at radius 1 is 0.900 bits per heavy atom. The standard InChI is InChI=1S/C10H14IN7O2/c11-2-4(13)3(12)1-7(19)6(15)9(10(16,17)18)20-8(1)5(2)14/h12-18H2. The largest absolute Gasteiger partial charge is 0.451 e. The zero-order valence-electron chi connectivity index (χ0n) is 10.2. The predicted octanol–water partition coefficient (Wildman–Crippen LogP) is -1.29. The summed E-state index contributed by atoms with van der Waals surface area (Å²) in [6.45, 7) is 0. The maximum absolute atomic E-state index is 12.3. The van der Waals surface area contributed by atoms with Crippen molar-refractivity contribution in [3.8, 4) is 0 Å². The van der Waals surface area contributed by atoms with E-state index in [0.29, 0.717) is 3.57 Å². The Bertz CT molecular complexity index is 778. The number of hydrogen-bond donors (Lipinski definition) is 7. The highest BCUT2D eigenvalue weighted by atomic mass is 127. The van der Waals surface area contributed by atoms with Crippen molar-refractivity contribution < 1.29 is 4.42 Å². The Kier molecular flexibility index (Phi) is 3.20. The summed E-state index contributed by atoms with van der Waals surface area (Å²) >= 11 is 1.88. The lowest BCUT2D eigenvalue weighted by molar-refractivity contribution is 0.373. The Balaban J connectivity index is 3.11. The molecule has 9 nitrogen and oxygen atoms in total. The van der Waals surface area contributed by atoms with E-state index in [9.17, 15) is 4.79 Å². The van der Waals surface area contributed by atoms with Gasteiger partial charge in [-0.2, -0.15) is 0 Å². The van der Waals surface area contributed by atoms with Crippen LogP contribution in [0.4, 0.5) is 22.7 Å². The average Bonchev–Trinajstić information content (AvgIpc) is 2.35. The van der Waals surface area contributed by atoms with E-state index in [0.717, 1.165) is 0 Å². The SMILES string of the molecule is Nc1c(I)c(N)c2oc(C(N)(N)N)c(N)c(=O)c2c1N. The molecule has 2 rings (SSSR count). The van der Waals surface area contributed by atoms with Crippen molar-refractivity contribution in [2.24, 2.45) is 17.2 Å². The minimum Gasteiger partial charge on any atom is -0.451 e. The molecule has 0 aliphatic carbocycles. The minimum absolute atomic E-state index is 0.000949. The van der Waals surface area contributed by atoms with Crippen molar-refractivity contribution in [1.29, 1.82) is 0 Å². The van der Waals surface area contributed by atoms with Gasteiger partial charge in [0, 0.05) is 0 Å². The molecule has 0 spiro atoms. The Morgan fingerprint density at radius 2 is 1.45 bits per heavy atom. The van der Waals surface area contributed by atoms with Crippen molar-refractivity contribution in [2.75, 3.05) is 22.9 Å². The number of nitrogen functional groups attached to an aromatic ring is 4. The summed E-state index contributed by atoms with van der Waals surface area (Å²) in [6, 6.07) is 0. The molecule has 1 heterocycles. The number of nitrogens with two attached hydrogens (primary N) is 7. The van der Waals surface area contributed by atoms with Gasteiger partial charge in [-0.25, -0.2) is 0 Å². The first-order valence-electron chi connectivity index (χ1n) is 5.32. The van der Waals surface area contributed by atoms with Crippen molar-refractivity contribution in [1.82, 2.24) is 0 Å². The second kappa shape index (κ2) is 4.37. The lowest BCUT2D eigenvalue weighted by atomic mass is 10.1. The van der Waals surface area contributed by atoms with Crippen molar-refractivity contribution >= 4 is 56.3 Å². The highest BCUT2D eigenvalue weighted by Gasteiger charge is 2.28. The van der Waals surface area contributed by atoms with Crippen molar-refractivity contribution in [3.05, 3.63) is 19.6 Å². The Hall–Kier alpha value is -1.76. The molecular weight excluding hydrogens is 377 g/mol. The topological polar surface area (TPSA) is 212 Å². The van der Waals surface area contributed by atoms with Crippen LogP contribution >= 0.6 is 22.6 Å². The molecule has 0 atom stereocenters. The highest BCUT2D eigenvalue weighted by Crippen LogP contribution is 2.37.